The summed E-state index contributed by atoms with van der Waals surface area (Å²) in [6, 6.07) is 4.10. The van der Waals surface area contributed by atoms with Crippen molar-refractivity contribution in [1.82, 2.24) is 15.5 Å². The van der Waals surface area contributed by atoms with Gasteiger partial charge in [-0.1, -0.05) is 11.6 Å². The van der Waals surface area contributed by atoms with E-state index >= 15 is 0 Å². The normalized spacial score (nSPS) is 12.7. The van der Waals surface area contributed by atoms with Gasteiger partial charge in [-0.15, -0.1) is 10.2 Å². The molecule has 1 aromatic heterocycles. The van der Waals surface area contributed by atoms with Crippen molar-refractivity contribution in [1.29, 1.82) is 0 Å². The van der Waals surface area contributed by atoms with Gasteiger partial charge in [0.15, 0.2) is 0 Å². The predicted octanol–water partition coefficient (Wildman–Crippen LogP) is 2.81. The molecule has 0 aliphatic heterocycles. The second kappa shape index (κ2) is 4.81. The van der Waals surface area contributed by atoms with Gasteiger partial charge in [-0.25, -0.2) is 4.39 Å². The maximum atomic E-state index is 13.5. The van der Waals surface area contributed by atoms with Crippen LogP contribution in [0.4, 0.5) is 4.39 Å². The summed E-state index contributed by atoms with van der Waals surface area (Å²) in [6.45, 7) is 1.87. The van der Waals surface area contributed by atoms with Crippen LogP contribution >= 0.6 is 11.6 Å². The molecule has 0 spiro atoms. The highest BCUT2D eigenvalue weighted by Crippen LogP contribution is 2.26. The summed E-state index contributed by atoms with van der Waals surface area (Å²) in [5.74, 6) is 0.0886. The number of nitrogens with zero attached hydrogens (tertiary/aromatic N) is 2. The maximum absolute atomic E-state index is 13.5. The van der Waals surface area contributed by atoms with Crippen LogP contribution in [-0.4, -0.2) is 17.2 Å². The lowest BCUT2D eigenvalue weighted by molar-refractivity contribution is 0.439. The molecular formula is C11H11ClFN3O. The van der Waals surface area contributed by atoms with Crippen molar-refractivity contribution in [3.05, 3.63) is 34.9 Å². The van der Waals surface area contributed by atoms with Gasteiger partial charge in [-0.05, 0) is 32.2 Å². The minimum Gasteiger partial charge on any atom is -0.419 e. The molecule has 2 aromatic rings. The second-order valence-electron chi connectivity index (χ2n) is 3.58. The molecule has 1 N–H and O–H groups in total. The largest absolute Gasteiger partial charge is 0.419 e. The van der Waals surface area contributed by atoms with Crippen molar-refractivity contribution in [2.75, 3.05) is 7.05 Å². The molecule has 1 unspecified atom stereocenters. The van der Waals surface area contributed by atoms with Gasteiger partial charge in [0.2, 0.25) is 5.89 Å². The molecule has 0 saturated carbocycles. The van der Waals surface area contributed by atoms with Crippen LogP contribution in [0.1, 0.15) is 18.9 Å². The number of rotatable bonds is 3. The topological polar surface area (TPSA) is 51.0 Å². The summed E-state index contributed by atoms with van der Waals surface area (Å²) in [4.78, 5) is 0. The van der Waals surface area contributed by atoms with E-state index < -0.39 is 5.82 Å². The van der Waals surface area contributed by atoms with Gasteiger partial charge in [0.05, 0.1) is 11.6 Å². The minimum atomic E-state index is -0.443. The number of nitrogens with one attached hydrogen (secondary N) is 1. The molecule has 1 atom stereocenters. The van der Waals surface area contributed by atoms with Crippen molar-refractivity contribution in [2.24, 2.45) is 0 Å². The smallest absolute Gasteiger partial charge is 0.250 e. The van der Waals surface area contributed by atoms with E-state index in [2.05, 4.69) is 15.5 Å². The van der Waals surface area contributed by atoms with Crippen LogP contribution in [0.15, 0.2) is 22.6 Å². The first-order chi connectivity index (χ1) is 8.11. The molecule has 0 bridgehead atoms. The van der Waals surface area contributed by atoms with Crippen LogP contribution in [0, 0.1) is 5.82 Å². The zero-order valence-corrected chi connectivity index (χ0v) is 10.1. The van der Waals surface area contributed by atoms with E-state index in [9.17, 15) is 4.39 Å². The van der Waals surface area contributed by atoms with Crippen LogP contribution in [0.3, 0.4) is 0 Å². The molecule has 17 heavy (non-hydrogen) atoms. The molecule has 0 radical (unpaired) electrons. The number of hydrogen-bond acceptors (Lipinski definition) is 4. The lowest BCUT2D eigenvalue weighted by atomic mass is 10.2. The highest BCUT2D eigenvalue weighted by atomic mass is 35.5. The summed E-state index contributed by atoms with van der Waals surface area (Å²) >= 11 is 5.79. The first kappa shape index (κ1) is 12.0. The zero-order chi connectivity index (χ0) is 12.4. The fourth-order valence-electron chi connectivity index (χ4n) is 1.30. The molecule has 1 heterocycles. The Morgan fingerprint density at radius 1 is 1.41 bits per heavy atom. The number of halogens is 2. The molecule has 0 aliphatic carbocycles. The lowest BCUT2D eigenvalue weighted by Crippen LogP contribution is -2.12. The summed E-state index contributed by atoms with van der Waals surface area (Å²) in [6.07, 6.45) is 0. The first-order valence-corrected chi connectivity index (χ1v) is 5.45. The van der Waals surface area contributed by atoms with E-state index in [1.54, 1.807) is 7.05 Å². The SMILES string of the molecule is CNC(C)c1nnc(-c2cc(Cl)ccc2F)o1. The van der Waals surface area contributed by atoms with E-state index in [0.717, 1.165) is 0 Å². The van der Waals surface area contributed by atoms with Gasteiger partial charge < -0.3 is 9.73 Å². The van der Waals surface area contributed by atoms with E-state index in [1.165, 1.54) is 18.2 Å². The molecule has 90 valence electrons. The average molecular weight is 256 g/mol. The number of aromatic nitrogens is 2. The Morgan fingerprint density at radius 3 is 2.88 bits per heavy atom. The Balaban J connectivity index is 2.40. The highest BCUT2D eigenvalue weighted by molar-refractivity contribution is 6.30. The third kappa shape index (κ3) is 2.45. The third-order valence-corrected chi connectivity index (χ3v) is 2.64. The van der Waals surface area contributed by atoms with Gasteiger partial charge in [-0.2, -0.15) is 0 Å². The van der Waals surface area contributed by atoms with Gasteiger partial charge in [0.25, 0.3) is 5.89 Å². The van der Waals surface area contributed by atoms with Crippen LogP contribution < -0.4 is 5.32 Å². The monoisotopic (exact) mass is 255 g/mol. The van der Waals surface area contributed by atoms with Gasteiger partial charge in [0, 0.05) is 5.02 Å². The Labute approximate surface area is 103 Å². The van der Waals surface area contributed by atoms with Crippen molar-refractivity contribution in [3.63, 3.8) is 0 Å². The summed E-state index contributed by atoms with van der Waals surface area (Å²) in [5.41, 5.74) is 0.208. The fraction of sp³-hybridized carbons (Fsp3) is 0.273. The molecule has 2 rings (SSSR count). The van der Waals surface area contributed by atoms with Crippen LogP contribution in [0.5, 0.6) is 0 Å². The van der Waals surface area contributed by atoms with Crippen molar-refractivity contribution in [3.8, 4) is 11.5 Å². The summed E-state index contributed by atoms with van der Waals surface area (Å²) in [7, 11) is 1.77. The first-order valence-electron chi connectivity index (χ1n) is 5.08. The molecule has 0 fully saturated rings. The molecule has 6 heteroatoms. The zero-order valence-electron chi connectivity index (χ0n) is 9.37. The summed E-state index contributed by atoms with van der Waals surface area (Å²) in [5, 5.41) is 11.0. The fourth-order valence-corrected chi connectivity index (χ4v) is 1.48. The van der Waals surface area contributed by atoms with Crippen molar-refractivity contribution < 1.29 is 8.81 Å². The van der Waals surface area contributed by atoms with Crippen LogP contribution in [0.25, 0.3) is 11.5 Å². The lowest BCUT2D eigenvalue weighted by Gasteiger charge is -2.02. The van der Waals surface area contributed by atoms with E-state index in [-0.39, 0.29) is 17.5 Å². The Morgan fingerprint density at radius 2 is 2.18 bits per heavy atom. The molecule has 0 saturated heterocycles. The van der Waals surface area contributed by atoms with Crippen LogP contribution in [0.2, 0.25) is 5.02 Å². The van der Waals surface area contributed by atoms with Crippen LogP contribution in [-0.2, 0) is 0 Å². The van der Waals surface area contributed by atoms with E-state index in [1.807, 2.05) is 6.92 Å². The standard InChI is InChI=1S/C11H11ClFN3O/c1-6(14-2)10-15-16-11(17-10)8-5-7(12)3-4-9(8)13/h3-6,14H,1-2H3. The number of hydrogen-bond donors (Lipinski definition) is 1. The Kier molecular flexibility index (Phi) is 3.40. The Hall–Kier alpha value is -1.46. The molecular weight excluding hydrogens is 245 g/mol. The average Bonchev–Trinajstić information content (AvgIpc) is 2.80. The maximum Gasteiger partial charge on any atom is 0.250 e. The van der Waals surface area contributed by atoms with Gasteiger partial charge in [0.1, 0.15) is 5.82 Å². The second-order valence-corrected chi connectivity index (χ2v) is 4.02. The molecule has 1 aromatic carbocycles. The number of benzene rings is 1. The Bertz CT molecular complexity index is 529. The molecule has 0 amide bonds. The van der Waals surface area contributed by atoms with Crippen molar-refractivity contribution in [2.45, 2.75) is 13.0 Å². The molecule has 0 aliphatic rings. The quantitative estimate of drug-likeness (QED) is 0.916. The van der Waals surface area contributed by atoms with E-state index in [0.29, 0.717) is 10.9 Å². The summed E-state index contributed by atoms with van der Waals surface area (Å²) < 4.78 is 18.9. The predicted molar refractivity (Wildman–Crippen MR) is 62.2 cm³/mol. The van der Waals surface area contributed by atoms with Gasteiger partial charge >= 0.3 is 0 Å². The van der Waals surface area contributed by atoms with Gasteiger partial charge in [-0.3, -0.25) is 0 Å². The van der Waals surface area contributed by atoms with Crippen molar-refractivity contribution >= 4 is 11.6 Å². The molecule has 4 nitrogen and oxygen atoms in total. The highest BCUT2D eigenvalue weighted by Gasteiger charge is 2.16. The third-order valence-electron chi connectivity index (χ3n) is 2.40. The minimum absolute atomic E-state index is 0.0847. The van der Waals surface area contributed by atoms with E-state index in [4.69, 9.17) is 16.0 Å².